The predicted molar refractivity (Wildman–Crippen MR) is 66.2 cm³/mol. The highest BCUT2D eigenvalue weighted by atomic mass is 16.6. The van der Waals surface area contributed by atoms with Crippen LogP contribution in [0.4, 0.5) is 0 Å². The fourth-order valence-corrected chi connectivity index (χ4v) is 3.55. The van der Waals surface area contributed by atoms with Crippen molar-refractivity contribution in [2.45, 2.75) is 59.2 Å². The summed E-state index contributed by atoms with van der Waals surface area (Å²) in [4.78, 5) is 0. The van der Waals surface area contributed by atoms with Crippen LogP contribution in [-0.4, -0.2) is 12.2 Å². The molecule has 1 heteroatoms. The Balaban J connectivity index is 1.99. The van der Waals surface area contributed by atoms with Crippen molar-refractivity contribution in [2.75, 3.05) is 0 Å². The van der Waals surface area contributed by atoms with Gasteiger partial charge in [-0.1, -0.05) is 30.6 Å². The number of allylic oxidation sites excluding steroid dienone is 2. The summed E-state index contributed by atoms with van der Waals surface area (Å²) < 4.78 is 5.78. The number of hydrogen-bond donors (Lipinski definition) is 0. The van der Waals surface area contributed by atoms with Crippen LogP contribution in [0, 0.1) is 11.8 Å². The zero-order valence-electron chi connectivity index (χ0n) is 10.8. The van der Waals surface area contributed by atoms with E-state index in [-0.39, 0.29) is 0 Å². The molecular weight excluding hydrogens is 196 g/mol. The van der Waals surface area contributed by atoms with Gasteiger partial charge in [-0.3, -0.25) is 0 Å². The molecule has 1 nitrogen and oxygen atoms in total. The molecule has 0 saturated carbocycles. The van der Waals surface area contributed by atoms with Crippen molar-refractivity contribution >= 4 is 0 Å². The molecular formula is C15H22O. The molecule has 1 heterocycles. The molecule has 16 heavy (non-hydrogen) atoms. The lowest BCUT2D eigenvalue weighted by Gasteiger charge is -2.15. The molecule has 88 valence electrons. The fourth-order valence-electron chi connectivity index (χ4n) is 3.55. The van der Waals surface area contributed by atoms with Gasteiger partial charge in [0.25, 0.3) is 0 Å². The van der Waals surface area contributed by atoms with Crippen molar-refractivity contribution in [3.05, 3.63) is 22.3 Å². The smallest absolute Gasteiger partial charge is 0.106 e. The third-order valence-electron chi connectivity index (χ3n) is 4.77. The van der Waals surface area contributed by atoms with E-state index in [2.05, 4.69) is 27.7 Å². The molecule has 0 bridgehead atoms. The van der Waals surface area contributed by atoms with Crippen LogP contribution in [0.5, 0.6) is 0 Å². The van der Waals surface area contributed by atoms with Gasteiger partial charge >= 0.3 is 0 Å². The van der Waals surface area contributed by atoms with E-state index in [4.69, 9.17) is 4.74 Å². The summed E-state index contributed by atoms with van der Waals surface area (Å²) in [5.41, 5.74) is 6.62. The number of fused-ring (bicyclic) bond motifs is 2. The van der Waals surface area contributed by atoms with E-state index in [1.165, 1.54) is 24.8 Å². The Kier molecular flexibility index (Phi) is 2.29. The van der Waals surface area contributed by atoms with Gasteiger partial charge in [0.1, 0.15) is 6.10 Å². The number of hydrogen-bond acceptors (Lipinski definition) is 1. The van der Waals surface area contributed by atoms with Crippen molar-refractivity contribution in [3.8, 4) is 0 Å². The molecule has 0 aromatic heterocycles. The lowest BCUT2D eigenvalue weighted by molar-refractivity contribution is 0.325. The van der Waals surface area contributed by atoms with Gasteiger partial charge in [0.2, 0.25) is 0 Å². The van der Waals surface area contributed by atoms with Crippen molar-refractivity contribution in [2.24, 2.45) is 11.8 Å². The SMILES string of the molecule is CC(C)=C1CC[C@H](C)C2=C(C1)[C@H](C)[C@@H]1O[C@H]21. The van der Waals surface area contributed by atoms with Crippen molar-refractivity contribution in [3.63, 3.8) is 0 Å². The van der Waals surface area contributed by atoms with E-state index in [0.29, 0.717) is 18.1 Å². The second-order valence-corrected chi connectivity index (χ2v) is 6.01. The maximum Gasteiger partial charge on any atom is 0.106 e. The molecule has 0 aromatic rings. The maximum atomic E-state index is 5.78. The summed E-state index contributed by atoms with van der Waals surface area (Å²) in [7, 11) is 0. The first-order valence-corrected chi connectivity index (χ1v) is 6.63. The maximum absolute atomic E-state index is 5.78. The molecule has 1 saturated heterocycles. The van der Waals surface area contributed by atoms with Crippen molar-refractivity contribution in [1.29, 1.82) is 0 Å². The van der Waals surface area contributed by atoms with Crippen LogP contribution in [0.3, 0.4) is 0 Å². The van der Waals surface area contributed by atoms with E-state index < -0.39 is 0 Å². The monoisotopic (exact) mass is 218 g/mol. The van der Waals surface area contributed by atoms with E-state index in [1.54, 1.807) is 16.7 Å². The van der Waals surface area contributed by atoms with Crippen molar-refractivity contribution < 1.29 is 4.74 Å². The highest BCUT2D eigenvalue weighted by molar-refractivity contribution is 5.41. The standard InChI is InChI=1S/C15H22O/c1-8(2)11-6-5-9(3)13-12(7-11)10(4)14-15(13)16-14/h9-10,14-15H,5-7H2,1-4H3/t9-,10-,14-,15+/m0/s1. The Morgan fingerprint density at radius 2 is 2.00 bits per heavy atom. The van der Waals surface area contributed by atoms with Gasteiger partial charge in [0.05, 0.1) is 6.10 Å². The average molecular weight is 218 g/mol. The second-order valence-electron chi connectivity index (χ2n) is 6.01. The zero-order chi connectivity index (χ0) is 11.4. The molecule has 0 radical (unpaired) electrons. The summed E-state index contributed by atoms with van der Waals surface area (Å²) >= 11 is 0. The number of epoxide rings is 1. The largest absolute Gasteiger partial charge is 0.364 e. The molecule has 3 rings (SSSR count). The first kappa shape index (κ1) is 10.6. The van der Waals surface area contributed by atoms with Gasteiger partial charge in [-0.15, -0.1) is 0 Å². The molecule has 3 aliphatic rings. The normalized spacial score (nSPS) is 41.6. The Bertz CT molecular complexity index is 384. The lowest BCUT2D eigenvalue weighted by Crippen LogP contribution is -2.05. The van der Waals surface area contributed by atoms with Crippen molar-refractivity contribution in [1.82, 2.24) is 0 Å². The molecule has 1 fully saturated rings. The molecule has 0 N–H and O–H groups in total. The first-order chi connectivity index (χ1) is 7.59. The zero-order valence-corrected chi connectivity index (χ0v) is 10.8. The predicted octanol–water partition coefficient (Wildman–Crippen LogP) is 3.86. The Hall–Kier alpha value is -0.560. The van der Waals surface area contributed by atoms with Gasteiger partial charge in [-0.2, -0.15) is 0 Å². The van der Waals surface area contributed by atoms with Crippen LogP contribution in [0.25, 0.3) is 0 Å². The molecule has 2 aliphatic carbocycles. The third kappa shape index (κ3) is 1.41. The Morgan fingerprint density at radius 3 is 2.69 bits per heavy atom. The Labute approximate surface area is 98.6 Å². The van der Waals surface area contributed by atoms with E-state index in [9.17, 15) is 0 Å². The summed E-state index contributed by atoms with van der Waals surface area (Å²) in [6, 6.07) is 0. The van der Waals surface area contributed by atoms with Gasteiger partial charge < -0.3 is 4.74 Å². The minimum atomic E-state index is 0.511. The van der Waals surface area contributed by atoms with E-state index >= 15 is 0 Å². The lowest BCUT2D eigenvalue weighted by atomic mass is 9.93. The molecule has 0 unspecified atom stereocenters. The molecule has 4 atom stereocenters. The van der Waals surface area contributed by atoms with Crippen LogP contribution < -0.4 is 0 Å². The quantitative estimate of drug-likeness (QED) is 0.444. The van der Waals surface area contributed by atoms with Crippen LogP contribution in [0.15, 0.2) is 22.3 Å². The van der Waals surface area contributed by atoms with Crippen LogP contribution in [0.2, 0.25) is 0 Å². The number of rotatable bonds is 0. The summed E-state index contributed by atoms with van der Waals surface area (Å²) in [5.74, 6) is 1.42. The highest BCUT2D eigenvalue weighted by Crippen LogP contribution is 2.53. The molecule has 0 amide bonds. The van der Waals surface area contributed by atoms with Gasteiger partial charge in [0.15, 0.2) is 0 Å². The topological polar surface area (TPSA) is 12.5 Å². The van der Waals surface area contributed by atoms with E-state index in [1.807, 2.05) is 0 Å². The summed E-state index contributed by atoms with van der Waals surface area (Å²) in [6.07, 6.45) is 4.90. The minimum Gasteiger partial charge on any atom is -0.364 e. The average Bonchev–Trinajstić information content (AvgIpc) is 2.96. The Morgan fingerprint density at radius 1 is 1.25 bits per heavy atom. The number of ether oxygens (including phenoxy) is 1. The first-order valence-electron chi connectivity index (χ1n) is 6.63. The van der Waals surface area contributed by atoms with E-state index in [0.717, 1.165) is 5.92 Å². The van der Waals surface area contributed by atoms with Crippen LogP contribution in [-0.2, 0) is 4.74 Å². The van der Waals surface area contributed by atoms with Gasteiger partial charge in [0, 0.05) is 5.92 Å². The van der Waals surface area contributed by atoms with Gasteiger partial charge in [-0.05, 0) is 44.6 Å². The summed E-state index contributed by atoms with van der Waals surface area (Å²) in [6.45, 7) is 9.28. The van der Waals surface area contributed by atoms with Crippen LogP contribution in [0.1, 0.15) is 47.0 Å². The molecule has 0 aromatic carbocycles. The summed E-state index contributed by atoms with van der Waals surface area (Å²) in [5, 5.41) is 0. The minimum absolute atomic E-state index is 0.511. The second kappa shape index (κ2) is 3.46. The molecule has 1 aliphatic heterocycles. The fraction of sp³-hybridized carbons (Fsp3) is 0.733. The van der Waals surface area contributed by atoms with Crippen LogP contribution >= 0.6 is 0 Å². The molecule has 0 spiro atoms. The third-order valence-corrected chi connectivity index (χ3v) is 4.77. The van der Waals surface area contributed by atoms with Gasteiger partial charge in [-0.25, -0.2) is 0 Å². The highest BCUT2D eigenvalue weighted by Gasteiger charge is 2.54.